The highest BCUT2D eigenvalue weighted by molar-refractivity contribution is 5.78. The summed E-state index contributed by atoms with van der Waals surface area (Å²) in [4.78, 5) is 19.1. The second-order valence-electron chi connectivity index (χ2n) is 6.60. The van der Waals surface area contributed by atoms with Gasteiger partial charge in [0.1, 0.15) is 0 Å². The zero-order valence-electron chi connectivity index (χ0n) is 12.6. The number of carbonyl (C=O) groups is 1. The van der Waals surface area contributed by atoms with E-state index < -0.39 is 0 Å². The van der Waals surface area contributed by atoms with Gasteiger partial charge < -0.3 is 14.5 Å². The molecule has 0 unspecified atom stereocenters. The molecule has 5 nitrogen and oxygen atoms in total. The van der Waals surface area contributed by atoms with Gasteiger partial charge in [-0.2, -0.15) is 0 Å². The first-order valence-corrected chi connectivity index (χ1v) is 8.00. The number of piperidine rings is 1. The lowest BCUT2D eigenvalue weighted by Crippen LogP contribution is -2.54. The van der Waals surface area contributed by atoms with Crippen molar-refractivity contribution in [1.29, 1.82) is 0 Å². The summed E-state index contributed by atoms with van der Waals surface area (Å²) in [5.41, 5.74) is 0.141. The Labute approximate surface area is 121 Å². The molecular formula is C15H27N3O2. The Kier molecular flexibility index (Phi) is 4.29. The maximum Gasteiger partial charge on any atom is 0.236 e. The van der Waals surface area contributed by atoms with E-state index in [1.807, 2.05) is 4.90 Å². The minimum absolute atomic E-state index is 0.141. The molecule has 3 saturated heterocycles. The van der Waals surface area contributed by atoms with Crippen LogP contribution >= 0.6 is 0 Å². The number of hydrogen-bond donors (Lipinski definition) is 0. The molecule has 3 rings (SSSR count). The first-order chi connectivity index (χ1) is 9.67. The van der Waals surface area contributed by atoms with Gasteiger partial charge >= 0.3 is 0 Å². The van der Waals surface area contributed by atoms with Gasteiger partial charge in [0.25, 0.3) is 0 Å². The summed E-state index contributed by atoms with van der Waals surface area (Å²) in [6.07, 6.45) is 4.41. The van der Waals surface area contributed by atoms with Gasteiger partial charge in [0.15, 0.2) is 0 Å². The highest BCUT2D eigenvalue weighted by atomic mass is 16.5. The van der Waals surface area contributed by atoms with Crippen molar-refractivity contribution in [2.45, 2.75) is 31.3 Å². The Balaban J connectivity index is 1.44. The highest BCUT2D eigenvalue weighted by Gasteiger charge is 2.41. The molecule has 1 amide bonds. The summed E-state index contributed by atoms with van der Waals surface area (Å²) in [5, 5.41) is 0. The second-order valence-corrected chi connectivity index (χ2v) is 6.60. The van der Waals surface area contributed by atoms with Crippen LogP contribution in [0.2, 0.25) is 0 Å². The predicted octanol–water partition coefficient (Wildman–Crippen LogP) is 0.405. The molecule has 1 spiro atoms. The van der Waals surface area contributed by atoms with Gasteiger partial charge in [-0.05, 0) is 45.8 Å². The van der Waals surface area contributed by atoms with Gasteiger partial charge in [0, 0.05) is 26.2 Å². The van der Waals surface area contributed by atoms with E-state index in [4.69, 9.17) is 4.74 Å². The van der Waals surface area contributed by atoms with Crippen LogP contribution in [0.4, 0.5) is 0 Å². The Morgan fingerprint density at radius 1 is 1.05 bits per heavy atom. The number of nitrogens with zero attached hydrogens (tertiary/aromatic N) is 3. The van der Waals surface area contributed by atoms with Crippen molar-refractivity contribution in [3.63, 3.8) is 0 Å². The summed E-state index contributed by atoms with van der Waals surface area (Å²) in [7, 11) is 2.16. The lowest BCUT2D eigenvalue weighted by molar-refractivity contribution is -0.176. The van der Waals surface area contributed by atoms with Crippen LogP contribution in [0.5, 0.6) is 0 Å². The third-order valence-electron chi connectivity index (χ3n) is 5.16. The fourth-order valence-electron chi connectivity index (χ4n) is 3.50. The van der Waals surface area contributed by atoms with E-state index in [-0.39, 0.29) is 5.60 Å². The molecule has 3 aliphatic heterocycles. The number of hydrogen-bond acceptors (Lipinski definition) is 4. The quantitative estimate of drug-likeness (QED) is 0.734. The topological polar surface area (TPSA) is 36.0 Å². The van der Waals surface area contributed by atoms with E-state index in [0.717, 1.165) is 58.7 Å². The Morgan fingerprint density at radius 2 is 1.80 bits per heavy atom. The van der Waals surface area contributed by atoms with Crippen LogP contribution in [0.15, 0.2) is 0 Å². The van der Waals surface area contributed by atoms with Gasteiger partial charge in [-0.25, -0.2) is 0 Å². The Hall–Kier alpha value is -0.650. The van der Waals surface area contributed by atoms with E-state index in [1.165, 1.54) is 12.8 Å². The van der Waals surface area contributed by atoms with Crippen molar-refractivity contribution in [2.75, 3.05) is 59.5 Å². The summed E-state index contributed by atoms with van der Waals surface area (Å²) >= 11 is 0. The molecule has 0 aromatic heterocycles. The molecule has 0 aromatic rings. The monoisotopic (exact) mass is 281 g/mol. The van der Waals surface area contributed by atoms with Crippen molar-refractivity contribution in [1.82, 2.24) is 14.7 Å². The summed E-state index contributed by atoms with van der Waals surface area (Å²) in [5.74, 6) is 0.309. The van der Waals surface area contributed by atoms with Crippen LogP contribution in [0, 0.1) is 0 Å². The minimum Gasteiger partial charge on any atom is -0.375 e. The molecule has 0 aromatic carbocycles. The summed E-state index contributed by atoms with van der Waals surface area (Å²) < 4.78 is 5.71. The average Bonchev–Trinajstić information content (AvgIpc) is 2.62. The van der Waals surface area contributed by atoms with Crippen molar-refractivity contribution in [2.24, 2.45) is 0 Å². The van der Waals surface area contributed by atoms with Crippen molar-refractivity contribution < 1.29 is 9.53 Å². The van der Waals surface area contributed by atoms with Crippen molar-refractivity contribution >= 4 is 5.91 Å². The largest absolute Gasteiger partial charge is 0.375 e. The van der Waals surface area contributed by atoms with Crippen molar-refractivity contribution in [3.05, 3.63) is 0 Å². The lowest BCUT2D eigenvalue weighted by Gasteiger charge is -2.47. The number of likely N-dealkylation sites (N-methyl/N-ethyl adjacent to an activating group) is 1. The fraction of sp³-hybridized carbons (Fsp3) is 0.933. The highest BCUT2D eigenvalue weighted by Crippen LogP contribution is 2.36. The molecule has 5 heteroatoms. The predicted molar refractivity (Wildman–Crippen MR) is 77.7 cm³/mol. The molecule has 20 heavy (non-hydrogen) atoms. The van der Waals surface area contributed by atoms with Gasteiger partial charge in [-0.3, -0.25) is 9.69 Å². The molecular weight excluding hydrogens is 254 g/mol. The Morgan fingerprint density at radius 3 is 2.45 bits per heavy atom. The maximum atomic E-state index is 12.4. The minimum atomic E-state index is 0.141. The molecule has 114 valence electrons. The number of ether oxygens (including phenoxy) is 1. The van der Waals surface area contributed by atoms with E-state index in [1.54, 1.807) is 0 Å². The summed E-state index contributed by atoms with van der Waals surface area (Å²) in [6.45, 7) is 7.56. The third-order valence-corrected chi connectivity index (χ3v) is 5.16. The molecule has 0 bridgehead atoms. The van der Waals surface area contributed by atoms with E-state index >= 15 is 0 Å². The van der Waals surface area contributed by atoms with Gasteiger partial charge in [0.05, 0.1) is 18.8 Å². The fourth-order valence-corrected chi connectivity index (χ4v) is 3.50. The smallest absolute Gasteiger partial charge is 0.236 e. The van der Waals surface area contributed by atoms with Gasteiger partial charge in [-0.15, -0.1) is 0 Å². The van der Waals surface area contributed by atoms with Crippen LogP contribution in [0.1, 0.15) is 25.7 Å². The normalized spacial score (nSPS) is 28.1. The maximum absolute atomic E-state index is 12.4. The van der Waals surface area contributed by atoms with E-state index in [9.17, 15) is 4.79 Å². The van der Waals surface area contributed by atoms with E-state index in [2.05, 4.69) is 16.8 Å². The van der Waals surface area contributed by atoms with Crippen LogP contribution in [0.25, 0.3) is 0 Å². The lowest BCUT2D eigenvalue weighted by atomic mass is 9.84. The van der Waals surface area contributed by atoms with Crippen LogP contribution in [-0.4, -0.2) is 85.7 Å². The zero-order valence-corrected chi connectivity index (χ0v) is 12.6. The molecule has 0 saturated carbocycles. The van der Waals surface area contributed by atoms with Gasteiger partial charge in [0.2, 0.25) is 5.91 Å². The number of likely N-dealkylation sites (tertiary alicyclic amines) is 1. The standard InChI is InChI=1S/C15H27N3O2/c1-16-6-2-7-17(11-10-16)13-14(19)18-8-3-15(4-9-18)5-12-20-15/h2-13H2,1H3. The second kappa shape index (κ2) is 6.00. The average molecular weight is 281 g/mol. The van der Waals surface area contributed by atoms with Crippen LogP contribution < -0.4 is 0 Å². The molecule has 0 aliphatic carbocycles. The first kappa shape index (κ1) is 14.3. The molecule has 0 N–H and O–H groups in total. The number of carbonyl (C=O) groups excluding carboxylic acids is 1. The van der Waals surface area contributed by atoms with Crippen LogP contribution in [-0.2, 0) is 9.53 Å². The van der Waals surface area contributed by atoms with Crippen molar-refractivity contribution in [3.8, 4) is 0 Å². The zero-order chi connectivity index (χ0) is 14.0. The molecule has 3 heterocycles. The first-order valence-electron chi connectivity index (χ1n) is 8.00. The third kappa shape index (κ3) is 3.15. The van der Waals surface area contributed by atoms with Crippen LogP contribution in [0.3, 0.4) is 0 Å². The Bertz CT molecular complexity index is 347. The van der Waals surface area contributed by atoms with E-state index in [0.29, 0.717) is 12.5 Å². The molecule has 0 atom stereocenters. The van der Waals surface area contributed by atoms with Gasteiger partial charge in [-0.1, -0.05) is 0 Å². The molecule has 3 aliphatic rings. The molecule has 3 fully saturated rings. The number of amides is 1. The molecule has 0 radical (unpaired) electrons. The number of rotatable bonds is 2. The summed E-state index contributed by atoms with van der Waals surface area (Å²) in [6, 6.07) is 0. The SMILES string of the molecule is CN1CCCN(CC(=O)N2CCC3(CCO3)CC2)CC1.